The maximum absolute atomic E-state index is 12.1. The molecule has 0 aliphatic carbocycles. The molecule has 1 atom stereocenters. The van der Waals surface area contributed by atoms with E-state index in [1.54, 1.807) is 13.8 Å². The molecule has 0 aliphatic heterocycles. The van der Waals surface area contributed by atoms with Crippen LogP contribution in [0.5, 0.6) is 0 Å². The van der Waals surface area contributed by atoms with Gasteiger partial charge in [0.15, 0.2) is 9.84 Å². The SMILES string of the molecule is CCNC(c1ccc(CC(C)C)cc1)C(C)(C)S(C)(=O)=O. The molecular formula is C17H29NO2S. The van der Waals surface area contributed by atoms with E-state index in [1.807, 2.05) is 6.92 Å². The fraction of sp³-hybridized carbons (Fsp3) is 0.647. The van der Waals surface area contributed by atoms with Crippen molar-refractivity contribution in [3.8, 4) is 0 Å². The quantitative estimate of drug-likeness (QED) is 0.840. The fourth-order valence-electron chi connectivity index (χ4n) is 2.50. The van der Waals surface area contributed by atoms with Crippen LogP contribution in [0.1, 0.15) is 51.8 Å². The van der Waals surface area contributed by atoms with Crippen LogP contribution < -0.4 is 5.32 Å². The molecule has 1 aromatic rings. The molecule has 0 saturated heterocycles. The molecule has 4 heteroatoms. The highest BCUT2D eigenvalue weighted by atomic mass is 32.2. The summed E-state index contributed by atoms with van der Waals surface area (Å²) in [6, 6.07) is 8.12. The third kappa shape index (κ3) is 4.55. The number of benzene rings is 1. The Balaban J connectivity index is 3.12. The van der Waals surface area contributed by atoms with Crippen molar-refractivity contribution in [2.75, 3.05) is 12.8 Å². The standard InChI is InChI=1S/C17H29NO2S/c1-7-18-16(17(4,5)21(6,19)20)15-10-8-14(9-11-15)12-13(2)3/h8-11,13,16,18H,7,12H2,1-6H3. The van der Waals surface area contributed by atoms with Crippen LogP contribution in [0.2, 0.25) is 0 Å². The van der Waals surface area contributed by atoms with Crippen molar-refractivity contribution in [1.82, 2.24) is 5.32 Å². The first-order valence-electron chi connectivity index (χ1n) is 7.61. The van der Waals surface area contributed by atoms with Gasteiger partial charge in [0.25, 0.3) is 0 Å². The second-order valence-electron chi connectivity index (χ2n) is 6.71. The molecule has 0 bridgehead atoms. The monoisotopic (exact) mass is 311 g/mol. The minimum absolute atomic E-state index is 0.203. The molecule has 120 valence electrons. The topological polar surface area (TPSA) is 46.2 Å². The van der Waals surface area contributed by atoms with Gasteiger partial charge in [-0.2, -0.15) is 0 Å². The second-order valence-corrected chi connectivity index (χ2v) is 9.30. The summed E-state index contributed by atoms with van der Waals surface area (Å²) < 4.78 is 23.4. The lowest BCUT2D eigenvalue weighted by Crippen LogP contribution is -2.45. The van der Waals surface area contributed by atoms with Crippen molar-refractivity contribution in [2.45, 2.75) is 51.8 Å². The van der Waals surface area contributed by atoms with Gasteiger partial charge in [-0.3, -0.25) is 0 Å². The molecule has 1 unspecified atom stereocenters. The van der Waals surface area contributed by atoms with Crippen LogP contribution in [-0.4, -0.2) is 26.0 Å². The zero-order valence-corrected chi connectivity index (χ0v) is 14.9. The minimum atomic E-state index is -3.16. The van der Waals surface area contributed by atoms with Crippen molar-refractivity contribution in [2.24, 2.45) is 5.92 Å². The normalized spacial score (nSPS) is 14.4. The summed E-state index contributed by atoms with van der Waals surface area (Å²) in [5, 5.41) is 3.33. The predicted octanol–water partition coefficient (Wildman–Crippen LogP) is 3.36. The molecule has 0 aromatic heterocycles. The van der Waals surface area contributed by atoms with E-state index in [1.165, 1.54) is 11.8 Å². The van der Waals surface area contributed by atoms with Crippen LogP contribution in [0.15, 0.2) is 24.3 Å². The van der Waals surface area contributed by atoms with Crippen LogP contribution in [0, 0.1) is 5.92 Å². The second kappa shape index (κ2) is 6.93. The van der Waals surface area contributed by atoms with Gasteiger partial charge in [0.05, 0.1) is 10.8 Å². The van der Waals surface area contributed by atoms with Crippen molar-refractivity contribution in [3.63, 3.8) is 0 Å². The van der Waals surface area contributed by atoms with Gasteiger partial charge < -0.3 is 5.32 Å². The van der Waals surface area contributed by atoms with Gasteiger partial charge in [0, 0.05) is 6.26 Å². The highest BCUT2D eigenvalue weighted by molar-refractivity contribution is 7.92. The van der Waals surface area contributed by atoms with E-state index in [0.29, 0.717) is 5.92 Å². The summed E-state index contributed by atoms with van der Waals surface area (Å²) in [5.74, 6) is 0.618. The molecule has 0 heterocycles. The smallest absolute Gasteiger partial charge is 0.154 e. The molecule has 1 aromatic carbocycles. The first kappa shape index (κ1) is 18.2. The third-order valence-corrected chi connectivity index (χ3v) is 6.16. The Hall–Kier alpha value is -0.870. The largest absolute Gasteiger partial charge is 0.309 e. The maximum atomic E-state index is 12.1. The Bertz CT molecular complexity index is 545. The Morgan fingerprint density at radius 3 is 2.05 bits per heavy atom. The third-order valence-electron chi connectivity index (χ3n) is 4.02. The lowest BCUT2D eigenvalue weighted by Gasteiger charge is -2.33. The zero-order chi connectivity index (χ0) is 16.3. The molecule has 0 saturated carbocycles. The summed E-state index contributed by atoms with van der Waals surface area (Å²) in [4.78, 5) is 0. The molecule has 1 N–H and O–H groups in total. The van der Waals surface area contributed by atoms with E-state index in [2.05, 4.69) is 43.4 Å². The Morgan fingerprint density at radius 1 is 1.14 bits per heavy atom. The van der Waals surface area contributed by atoms with E-state index >= 15 is 0 Å². The van der Waals surface area contributed by atoms with E-state index in [-0.39, 0.29) is 6.04 Å². The van der Waals surface area contributed by atoms with E-state index in [4.69, 9.17) is 0 Å². The highest BCUT2D eigenvalue weighted by Crippen LogP contribution is 2.32. The van der Waals surface area contributed by atoms with Crippen molar-refractivity contribution in [1.29, 1.82) is 0 Å². The Labute approximate surface area is 130 Å². The number of hydrogen-bond acceptors (Lipinski definition) is 3. The van der Waals surface area contributed by atoms with E-state index < -0.39 is 14.6 Å². The summed E-state index contributed by atoms with van der Waals surface area (Å²) in [5.41, 5.74) is 2.32. The molecule has 1 rings (SSSR count). The summed E-state index contributed by atoms with van der Waals surface area (Å²) in [7, 11) is -3.16. The van der Waals surface area contributed by atoms with Crippen LogP contribution in [0.4, 0.5) is 0 Å². The van der Waals surface area contributed by atoms with Crippen LogP contribution in [-0.2, 0) is 16.3 Å². The van der Waals surface area contributed by atoms with Gasteiger partial charge in [0.2, 0.25) is 0 Å². The Morgan fingerprint density at radius 2 is 1.67 bits per heavy atom. The molecule has 21 heavy (non-hydrogen) atoms. The molecular weight excluding hydrogens is 282 g/mol. The average molecular weight is 311 g/mol. The number of rotatable bonds is 7. The number of nitrogens with one attached hydrogen (secondary N) is 1. The van der Waals surface area contributed by atoms with Crippen molar-refractivity contribution in [3.05, 3.63) is 35.4 Å². The lowest BCUT2D eigenvalue weighted by atomic mass is 9.93. The molecule has 0 spiro atoms. The average Bonchev–Trinajstić information content (AvgIpc) is 2.35. The first-order chi connectivity index (χ1) is 9.59. The molecule has 0 aliphatic rings. The maximum Gasteiger partial charge on any atom is 0.154 e. The van der Waals surface area contributed by atoms with Gasteiger partial charge in [-0.1, -0.05) is 45.0 Å². The highest BCUT2D eigenvalue weighted by Gasteiger charge is 2.39. The van der Waals surface area contributed by atoms with Crippen molar-refractivity contribution >= 4 is 9.84 Å². The van der Waals surface area contributed by atoms with E-state index in [0.717, 1.165) is 18.5 Å². The van der Waals surface area contributed by atoms with E-state index in [9.17, 15) is 8.42 Å². The van der Waals surface area contributed by atoms with Crippen LogP contribution in [0.25, 0.3) is 0 Å². The van der Waals surface area contributed by atoms with Crippen LogP contribution in [0.3, 0.4) is 0 Å². The lowest BCUT2D eigenvalue weighted by molar-refractivity contribution is 0.428. The van der Waals surface area contributed by atoms with Crippen molar-refractivity contribution < 1.29 is 8.42 Å². The molecule has 0 radical (unpaired) electrons. The minimum Gasteiger partial charge on any atom is -0.309 e. The van der Waals surface area contributed by atoms with Crippen LogP contribution >= 0.6 is 0 Å². The first-order valence-corrected chi connectivity index (χ1v) is 9.50. The fourth-order valence-corrected chi connectivity index (χ4v) is 3.15. The zero-order valence-electron chi connectivity index (χ0n) is 14.1. The van der Waals surface area contributed by atoms with Gasteiger partial charge >= 0.3 is 0 Å². The number of hydrogen-bond donors (Lipinski definition) is 1. The van der Waals surface area contributed by atoms with Gasteiger partial charge in [0.1, 0.15) is 0 Å². The summed E-state index contributed by atoms with van der Waals surface area (Å²) >= 11 is 0. The molecule has 3 nitrogen and oxygen atoms in total. The Kier molecular flexibility index (Phi) is 6.00. The number of sulfone groups is 1. The summed E-state index contributed by atoms with van der Waals surface area (Å²) in [6.07, 6.45) is 2.35. The van der Waals surface area contributed by atoms with Gasteiger partial charge in [-0.05, 0) is 43.9 Å². The summed E-state index contributed by atoms with van der Waals surface area (Å²) in [6.45, 7) is 10.7. The predicted molar refractivity (Wildman–Crippen MR) is 90.3 cm³/mol. The molecule has 0 fully saturated rings. The van der Waals surface area contributed by atoms with Gasteiger partial charge in [-0.25, -0.2) is 8.42 Å². The van der Waals surface area contributed by atoms with Gasteiger partial charge in [-0.15, -0.1) is 0 Å². The molecule has 0 amide bonds.